The Morgan fingerprint density at radius 1 is 1.04 bits per heavy atom. The van der Waals surface area contributed by atoms with Crippen molar-refractivity contribution in [3.63, 3.8) is 0 Å². The molecule has 0 radical (unpaired) electrons. The van der Waals surface area contributed by atoms with Crippen molar-refractivity contribution in [2.75, 3.05) is 37.7 Å². The average Bonchev–Trinajstić information content (AvgIpc) is 2.94. The van der Waals surface area contributed by atoms with Gasteiger partial charge in [-0.1, -0.05) is 0 Å². The number of piperazine rings is 1. The molecule has 1 atom stereocenters. The lowest BCUT2D eigenvalue weighted by atomic mass is 10.1. The molecule has 9 heteroatoms. The third-order valence-electron chi connectivity index (χ3n) is 4.79. The topological polar surface area (TPSA) is 57.7 Å². The van der Waals surface area contributed by atoms with Gasteiger partial charge in [-0.2, -0.15) is 13.2 Å². The molecule has 0 aromatic heterocycles. The molecule has 3 rings (SSSR count). The van der Waals surface area contributed by atoms with Gasteiger partial charge < -0.3 is 4.90 Å². The highest BCUT2D eigenvalue weighted by Crippen LogP contribution is 2.29. The van der Waals surface area contributed by atoms with E-state index in [0.29, 0.717) is 32.6 Å². The van der Waals surface area contributed by atoms with Crippen LogP contribution in [-0.2, 0) is 16.0 Å². The lowest BCUT2D eigenvalue weighted by Gasteiger charge is -2.37. The van der Waals surface area contributed by atoms with Gasteiger partial charge >= 0.3 is 6.18 Å². The molecule has 0 spiro atoms. The third kappa shape index (κ3) is 4.14. The van der Waals surface area contributed by atoms with Crippen molar-refractivity contribution in [1.82, 2.24) is 9.80 Å². The Morgan fingerprint density at radius 3 is 2.12 bits per heavy atom. The molecular weight excluding hydrogens is 357 g/mol. The van der Waals surface area contributed by atoms with E-state index in [2.05, 4.69) is 4.90 Å². The molecule has 0 bridgehead atoms. The number of hydrogen-bond donors (Lipinski definition) is 0. The van der Waals surface area contributed by atoms with Crippen LogP contribution in [0.2, 0.25) is 0 Å². The van der Waals surface area contributed by atoms with Crippen LogP contribution < -0.4 is 0 Å². The molecule has 1 aromatic rings. The van der Waals surface area contributed by atoms with Gasteiger partial charge in [0.1, 0.15) is 0 Å². The van der Waals surface area contributed by atoms with Gasteiger partial charge in [-0.25, -0.2) is 8.42 Å². The number of sulfone groups is 1. The van der Waals surface area contributed by atoms with Crippen molar-refractivity contribution in [3.05, 3.63) is 35.4 Å². The summed E-state index contributed by atoms with van der Waals surface area (Å²) < 4.78 is 60.9. The van der Waals surface area contributed by atoms with Crippen LogP contribution in [0, 0.1) is 0 Å². The zero-order valence-corrected chi connectivity index (χ0v) is 14.3. The van der Waals surface area contributed by atoms with E-state index in [9.17, 15) is 26.4 Å². The largest absolute Gasteiger partial charge is 0.416 e. The summed E-state index contributed by atoms with van der Waals surface area (Å²) in [6.45, 7) is 2.03. The summed E-state index contributed by atoms with van der Waals surface area (Å²) in [6, 6.07) is 4.22. The average molecular weight is 376 g/mol. The van der Waals surface area contributed by atoms with Crippen molar-refractivity contribution in [3.8, 4) is 0 Å². The first-order chi connectivity index (χ1) is 11.7. The Hall–Kier alpha value is -1.61. The zero-order chi connectivity index (χ0) is 18.2. The van der Waals surface area contributed by atoms with E-state index < -0.39 is 21.6 Å². The van der Waals surface area contributed by atoms with Gasteiger partial charge in [0, 0.05) is 37.8 Å². The van der Waals surface area contributed by atoms with Crippen molar-refractivity contribution in [2.24, 2.45) is 0 Å². The maximum atomic E-state index is 12.6. The minimum atomic E-state index is -4.42. The molecule has 1 unspecified atom stereocenters. The lowest BCUT2D eigenvalue weighted by molar-refractivity contribution is -0.137. The highest BCUT2D eigenvalue weighted by molar-refractivity contribution is 7.91. The second kappa shape index (κ2) is 6.60. The van der Waals surface area contributed by atoms with Crippen LogP contribution in [0.4, 0.5) is 13.2 Å². The van der Waals surface area contributed by atoms with Crippen LogP contribution in [0.15, 0.2) is 24.3 Å². The maximum Gasteiger partial charge on any atom is 0.416 e. The quantitative estimate of drug-likeness (QED) is 0.788. The van der Waals surface area contributed by atoms with Crippen LogP contribution in [0.3, 0.4) is 0 Å². The van der Waals surface area contributed by atoms with E-state index in [1.54, 1.807) is 4.90 Å². The number of rotatable bonds is 2. The molecule has 2 aliphatic heterocycles. The number of amides is 1. The Labute approximate surface area is 144 Å². The second-order valence-electron chi connectivity index (χ2n) is 6.46. The number of carbonyl (C=O) groups excluding carboxylic acids is 1. The summed E-state index contributed by atoms with van der Waals surface area (Å²) in [5.74, 6) is 0.0785. The number of halogens is 3. The Bertz CT molecular complexity index is 739. The van der Waals surface area contributed by atoms with Crippen molar-refractivity contribution in [2.45, 2.75) is 18.6 Å². The summed E-state index contributed by atoms with van der Waals surface area (Å²) >= 11 is 0. The number of hydrogen-bond acceptors (Lipinski definition) is 4. The van der Waals surface area contributed by atoms with Crippen molar-refractivity contribution < 1.29 is 26.4 Å². The van der Waals surface area contributed by atoms with E-state index in [-0.39, 0.29) is 29.0 Å². The minimum absolute atomic E-state index is 0.00770. The fourth-order valence-electron chi connectivity index (χ4n) is 3.34. The molecule has 1 amide bonds. The van der Waals surface area contributed by atoms with Crippen molar-refractivity contribution in [1.29, 1.82) is 0 Å². The highest BCUT2D eigenvalue weighted by Gasteiger charge is 2.35. The standard InChI is InChI=1S/C16H19F3N2O3S/c17-16(18,19)13-3-1-12(2-4-13)15(22)21-8-6-20(7-9-21)14-5-10-25(23,24)11-14/h1-4,14H,5-11H2. The molecular formula is C16H19F3N2O3S. The number of carbonyl (C=O) groups is 1. The number of nitrogens with zero attached hydrogens (tertiary/aromatic N) is 2. The van der Waals surface area contributed by atoms with E-state index in [1.165, 1.54) is 12.1 Å². The van der Waals surface area contributed by atoms with E-state index in [0.717, 1.165) is 12.1 Å². The third-order valence-corrected chi connectivity index (χ3v) is 6.54. The highest BCUT2D eigenvalue weighted by atomic mass is 32.2. The van der Waals surface area contributed by atoms with Gasteiger partial charge in [-0.05, 0) is 30.7 Å². The van der Waals surface area contributed by atoms with E-state index in [4.69, 9.17) is 0 Å². The molecule has 1 aromatic carbocycles. The summed E-state index contributed by atoms with van der Waals surface area (Å²) in [6.07, 6.45) is -3.80. The normalized spacial score (nSPS) is 24.4. The minimum Gasteiger partial charge on any atom is -0.336 e. The van der Waals surface area contributed by atoms with Gasteiger partial charge in [-0.3, -0.25) is 9.69 Å². The summed E-state index contributed by atoms with van der Waals surface area (Å²) in [4.78, 5) is 16.1. The SMILES string of the molecule is O=C(c1ccc(C(F)(F)F)cc1)N1CCN(C2CCS(=O)(=O)C2)CC1. The monoisotopic (exact) mass is 376 g/mol. The first-order valence-electron chi connectivity index (χ1n) is 8.07. The number of benzene rings is 1. The van der Waals surface area contributed by atoms with E-state index >= 15 is 0 Å². The maximum absolute atomic E-state index is 12.6. The van der Waals surface area contributed by atoms with Crippen LogP contribution in [0.25, 0.3) is 0 Å². The predicted octanol–water partition coefficient (Wildman–Crippen LogP) is 1.65. The van der Waals surface area contributed by atoms with Crippen LogP contribution in [0.1, 0.15) is 22.3 Å². The first kappa shape index (κ1) is 18.2. The van der Waals surface area contributed by atoms with Gasteiger partial charge in [0.25, 0.3) is 5.91 Å². The van der Waals surface area contributed by atoms with Crippen molar-refractivity contribution >= 4 is 15.7 Å². The Balaban J connectivity index is 1.58. The molecule has 138 valence electrons. The molecule has 25 heavy (non-hydrogen) atoms. The van der Waals surface area contributed by atoms with Gasteiger partial charge in [-0.15, -0.1) is 0 Å². The van der Waals surface area contributed by atoms with Gasteiger partial charge in [0.05, 0.1) is 17.1 Å². The molecule has 0 N–H and O–H groups in total. The van der Waals surface area contributed by atoms with Crippen LogP contribution in [-0.4, -0.2) is 67.9 Å². The smallest absolute Gasteiger partial charge is 0.336 e. The molecule has 0 aliphatic carbocycles. The Kier molecular flexibility index (Phi) is 4.80. The van der Waals surface area contributed by atoms with Crippen LogP contribution in [0.5, 0.6) is 0 Å². The first-order valence-corrected chi connectivity index (χ1v) is 9.89. The Morgan fingerprint density at radius 2 is 1.64 bits per heavy atom. The summed E-state index contributed by atoms with van der Waals surface area (Å²) in [5, 5.41) is 0. The number of alkyl halides is 3. The molecule has 2 saturated heterocycles. The molecule has 2 aliphatic rings. The van der Waals surface area contributed by atoms with E-state index in [1.807, 2.05) is 0 Å². The molecule has 2 fully saturated rings. The molecule has 5 nitrogen and oxygen atoms in total. The fraction of sp³-hybridized carbons (Fsp3) is 0.562. The molecule has 0 saturated carbocycles. The molecule has 2 heterocycles. The predicted molar refractivity (Wildman–Crippen MR) is 86.0 cm³/mol. The fourth-order valence-corrected chi connectivity index (χ4v) is 5.10. The second-order valence-corrected chi connectivity index (χ2v) is 8.69. The summed E-state index contributed by atoms with van der Waals surface area (Å²) in [7, 11) is -2.95. The zero-order valence-electron chi connectivity index (χ0n) is 13.5. The summed E-state index contributed by atoms with van der Waals surface area (Å²) in [5.41, 5.74) is -0.554. The van der Waals surface area contributed by atoms with Gasteiger partial charge in [0.2, 0.25) is 0 Å². The van der Waals surface area contributed by atoms with Crippen LogP contribution >= 0.6 is 0 Å². The van der Waals surface area contributed by atoms with Gasteiger partial charge in [0.15, 0.2) is 9.84 Å². The lowest BCUT2D eigenvalue weighted by Crippen LogP contribution is -2.52.